The number of carbonyl (C=O) groups excluding carboxylic acids is 1. The summed E-state index contributed by atoms with van der Waals surface area (Å²) in [7, 11) is -21.0. The summed E-state index contributed by atoms with van der Waals surface area (Å²) in [5.41, 5.74) is 13.6. The van der Waals surface area contributed by atoms with E-state index in [1.807, 2.05) is 6.92 Å². The van der Waals surface area contributed by atoms with Crippen molar-refractivity contribution in [2.45, 2.75) is 93.3 Å². The van der Waals surface area contributed by atoms with E-state index in [-0.39, 0.29) is 57.8 Å². The maximum absolute atomic E-state index is 14.5. The summed E-state index contributed by atoms with van der Waals surface area (Å²) in [6.45, 7) is -1.82. The van der Waals surface area contributed by atoms with Crippen LogP contribution in [0.3, 0.4) is 0 Å². The van der Waals surface area contributed by atoms with E-state index in [1.54, 1.807) is 0 Å². The summed E-state index contributed by atoms with van der Waals surface area (Å²) in [5, 5.41) is 36.1. The second-order valence-electron chi connectivity index (χ2n) is 18.9. The largest absolute Gasteiger partial charge is 0.490 e. The molecule has 456 valence electrons. The maximum atomic E-state index is 14.5. The average Bonchev–Trinajstić information content (AvgIpc) is 2.36. The van der Waals surface area contributed by atoms with Crippen molar-refractivity contribution in [1.29, 1.82) is 0 Å². The molecule has 44 heteroatoms. The van der Waals surface area contributed by atoms with Gasteiger partial charge in [-0.1, -0.05) is 24.7 Å². The van der Waals surface area contributed by atoms with E-state index in [9.17, 15) is 67.5 Å². The maximum Gasteiger partial charge on any atom is 0.490 e. The number of phosphoric acid groups is 3. The third kappa shape index (κ3) is 13.1. The van der Waals surface area contributed by atoms with E-state index >= 15 is 0 Å². The monoisotopic (exact) mass is 1260 g/mol. The van der Waals surface area contributed by atoms with Crippen molar-refractivity contribution in [3.63, 3.8) is 0 Å². The number of hydrogen-bond donors (Lipinski definition) is 13. The van der Waals surface area contributed by atoms with E-state index in [0.717, 1.165) is 43.5 Å². The van der Waals surface area contributed by atoms with Crippen LogP contribution in [0, 0.1) is 5.92 Å². The number of imidazole rings is 3. The average molecular weight is 1260 g/mol. The smallest absolute Gasteiger partial charge is 0.449 e. The number of aromatic amines is 2. The number of methoxy groups -OCH3 is 1. The van der Waals surface area contributed by atoms with Gasteiger partial charge in [-0.05, 0) is 6.42 Å². The molecule has 6 aromatic heterocycles. The van der Waals surface area contributed by atoms with Gasteiger partial charge in [0, 0.05) is 13.7 Å². The normalized spacial score (nSPS) is 28.6. The lowest BCUT2D eigenvalue weighted by Gasteiger charge is -2.28. The Balaban J connectivity index is 0.888. The lowest BCUT2D eigenvalue weighted by molar-refractivity contribution is -0.745. The molecular weight excluding hydrogens is 1200 g/mol. The first-order valence-corrected chi connectivity index (χ1v) is 30.8. The number of alkyl carbamates (subject to hydrolysis) is 1. The third-order valence-electron chi connectivity index (χ3n) is 13.4. The number of ether oxygens (including phenoxy) is 5. The summed E-state index contributed by atoms with van der Waals surface area (Å²) in [6.07, 6.45) is -10.6. The number of aliphatic hydroxyl groups is 3. The Morgan fingerprint density at radius 3 is 2.06 bits per heavy atom. The van der Waals surface area contributed by atoms with E-state index < -0.39 is 148 Å². The fraction of sp³-hybridized carbons (Fsp3) is 0.590. The minimum Gasteiger partial charge on any atom is -0.449 e. The van der Waals surface area contributed by atoms with E-state index in [1.165, 1.54) is 27.1 Å². The Morgan fingerprint density at radius 1 is 0.747 bits per heavy atom. The molecule has 3 aliphatic rings. The Hall–Kier alpha value is -5.80. The van der Waals surface area contributed by atoms with Gasteiger partial charge in [0.1, 0.15) is 60.7 Å². The molecule has 9 heterocycles. The molecule has 16 atom stereocenters. The van der Waals surface area contributed by atoms with Gasteiger partial charge in [-0.2, -0.15) is 13.6 Å². The predicted octanol–water partition coefficient (Wildman–Crippen LogP) is -2.47. The number of nitrogen functional groups attached to an aromatic ring is 3. The summed E-state index contributed by atoms with van der Waals surface area (Å²) >= 11 is 0. The molecular formula is C39H57N16O24P4+. The van der Waals surface area contributed by atoms with Crippen molar-refractivity contribution in [3.8, 4) is 0 Å². The van der Waals surface area contributed by atoms with Gasteiger partial charge >= 0.3 is 42.8 Å². The highest BCUT2D eigenvalue weighted by atomic mass is 31.3. The topological polar surface area (TPSA) is 571 Å². The summed E-state index contributed by atoms with van der Waals surface area (Å²) in [5.74, 6) is -2.04. The number of H-pyrrole nitrogens is 2. The number of nitrogens with zero attached hydrogens (tertiary/aromatic N) is 10. The zero-order valence-electron chi connectivity index (χ0n) is 43.5. The lowest BCUT2D eigenvalue weighted by atomic mass is 9.99. The van der Waals surface area contributed by atoms with Crippen LogP contribution in [0.25, 0.3) is 33.5 Å². The zero-order chi connectivity index (χ0) is 60.1. The first-order chi connectivity index (χ1) is 39.1. The van der Waals surface area contributed by atoms with Crippen molar-refractivity contribution >= 4 is 88.4 Å². The number of aromatic nitrogens is 12. The van der Waals surface area contributed by atoms with Crippen LogP contribution in [0.2, 0.25) is 0 Å². The van der Waals surface area contributed by atoms with E-state index in [2.05, 4.69) is 53.8 Å². The van der Waals surface area contributed by atoms with Gasteiger partial charge in [0.25, 0.3) is 17.1 Å². The van der Waals surface area contributed by atoms with Gasteiger partial charge in [0.2, 0.25) is 17.7 Å². The number of hydrogen-bond acceptors (Lipinski definition) is 29. The van der Waals surface area contributed by atoms with Crippen LogP contribution < -0.4 is 38.2 Å². The molecule has 3 aliphatic heterocycles. The molecule has 16 N–H and O–H groups in total. The second kappa shape index (κ2) is 24.3. The van der Waals surface area contributed by atoms with Crippen LogP contribution >= 0.6 is 31.1 Å². The highest BCUT2D eigenvalue weighted by Crippen LogP contribution is 2.68. The predicted molar refractivity (Wildman–Crippen MR) is 274 cm³/mol. The minimum atomic E-state index is -6.27. The minimum absolute atomic E-state index is 0.0131. The van der Waals surface area contributed by atoms with Gasteiger partial charge in [-0.15, -0.1) is 0 Å². The fourth-order valence-electron chi connectivity index (χ4n) is 9.57. The molecule has 83 heavy (non-hydrogen) atoms. The molecule has 3 fully saturated rings. The third-order valence-corrected chi connectivity index (χ3v) is 19.5. The Kier molecular flexibility index (Phi) is 18.1. The Bertz CT molecular complexity index is 3700. The number of phosphoric ester groups is 2. The van der Waals surface area contributed by atoms with Crippen LogP contribution in [-0.2, 0) is 71.2 Å². The molecule has 0 radical (unpaired) electrons. The number of unbranched alkanes of at least 4 members (excludes halogenated alkanes) is 2. The zero-order valence-corrected chi connectivity index (χ0v) is 47.0. The lowest BCUT2D eigenvalue weighted by Crippen LogP contribution is -2.46. The fourth-order valence-corrected chi connectivity index (χ4v) is 14.8. The van der Waals surface area contributed by atoms with E-state index in [4.69, 9.17) is 54.5 Å². The van der Waals surface area contributed by atoms with Crippen LogP contribution in [-0.4, -0.2) is 183 Å². The number of fused-ring (bicyclic) bond motifs is 3. The number of rotatable bonds is 24. The molecule has 0 aliphatic carbocycles. The van der Waals surface area contributed by atoms with Gasteiger partial charge in [-0.3, -0.25) is 46.9 Å². The number of nitrogens with one attached hydrogen (secondary N) is 3. The number of carbonyl (C=O) groups is 1. The van der Waals surface area contributed by atoms with Crippen molar-refractivity contribution in [1.82, 2.24) is 58.9 Å². The van der Waals surface area contributed by atoms with Crippen molar-refractivity contribution in [2.75, 3.05) is 57.3 Å². The number of nitrogens with two attached hydrogens (primary N) is 3. The molecule has 0 aromatic carbocycles. The summed E-state index contributed by atoms with van der Waals surface area (Å²) in [6, 6.07) is 0. The van der Waals surface area contributed by atoms with Crippen LogP contribution in [0.15, 0.2) is 34.9 Å². The van der Waals surface area contributed by atoms with Gasteiger partial charge in [-0.25, -0.2) is 43.0 Å². The SMILES string of the molecule is CCCCCNC(=O)OC[C@H]1[C@@H](O)[C@H]([n+]2cn(C)c3c(=O)[nH]c(N)nc32)O[C@@H]1COP(=O)(O)OP(=O)(O)OP(=O)(O)OC[C@H]1O[C@@H](n2cnc3c(N)ncnc32)[C@H](OC)[C@@H]1P(=O)(O)OCC1O[C@@H](n2cnc3c(=O)[nH]c(N)nc32)[C@H](O)[C@@H]1O. The first kappa shape index (κ1) is 61.8. The Labute approximate surface area is 464 Å². The van der Waals surface area contributed by atoms with E-state index in [0.29, 0.717) is 6.42 Å². The highest BCUT2D eigenvalue weighted by molar-refractivity contribution is 7.66. The van der Waals surface area contributed by atoms with Crippen molar-refractivity contribution in [2.24, 2.45) is 13.0 Å². The quantitative estimate of drug-likeness (QED) is 0.0170. The van der Waals surface area contributed by atoms with Gasteiger partial charge < -0.3 is 85.6 Å². The van der Waals surface area contributed by atoms with Crippen molar-refractivity contribution in [3.05, 3.63) is 46.0 Å². The van der Waals surface area contributed by atoms with Crippen LogP contribution in [0.1, 0.15) is 44.9 Å². The highest BCUT2D eigenvalue weighted by Gasteiger charge is 2.58. The standard InChI is InChI=1S/C39H56N16O24P4/c1-4-5-6-7-43-39(61)71-8-16-17(75-34(23(16)56)55-15-52(2)22-31(55)49-38(42)51-33(22)60)9-73-81(64,65)78-83(68,69)79-82(66,67)74-11-19-27(26(70-3)36(77-19)53-13-46-20-28(40)44-12-45-29(20)53)80(62,63)72-10-18-24(57)25(58)35(76-18)54-14-47-21-30(54)48-37(41)50-32(21)59/h12-19,23-27,34-36,56-58H,4-11H2,1-3H3,(H12-,40,41,42,43,44,45,48,49,50,51,59,60,61,62,63,64,65,66,67,68,69)/p+1/t16-,17-,18?,19-,23-,24-,25-,26-,27-,34-,35-,36-/m1/s1. The molecule has 0 spiro atoms. The summed E-state index contributed by atoms with van der Waals surface area (Å²) in [4.78, 5) is 110. The van der Waals surface area contributed by atoms with Crippen molar-refractivity contribution < 1.29 is 108 Å². The van der Waals surface area contributed by atoms with Gasteiger partial charge in [0.15, 0.2) is 41.4 Å². The van der Waals surface area contributed by atoms with Crippen LogP contribution in [0.5, 0.6) is 0 Å². The molecule has 1 amide bonds. The number of aryl methyl sites for hydroxylation is 1. The van der Waals surface area contributed by atoms with Crippen LogP contribution in [0.4, 0.5) is 22.5 Å². The molecule has 6 aromatic rings. The molecule has 3 saturated heterocycles. The Morgan fingerprint density at radius 2 is 1.37 bits per heavy atom. The number of aliphatic hydroxyl groups excluding tert-OH is 3. The molecule has 0 saturated carbocycles. The molecule has 5 unspecified atom stereocenters. The second-order valence-corrected chi connectivity index (χ2v) is 25.5. The first-order valence-electron chi connectivity index (χ1n) is 24.7. The molecule has 40 nitrogen and oxygen atoms in total. The van der Waals surface area contributed by atoms with Gasteiger partial charge in [0.05, 0.1) is 51.5 Å². The number of amides is 1. The summed E-state index contributed by atoms with van der Waals surface area (Å²) < 4.78 is 112. The molecule has 0 bridgehead atoms. The molecule has 9 rings (SSSR count). The number of anilines is 3.